The fourth-order valence-electron chi connectivity index (χ4n) is 2.22. The van der Waals surface area contributed by atoms with E-state index in [1.54, 1.807) is 10.6 Å². The zero-order valence-corrected chi connectivity index (χ0v) is 9.12. The van der Waals surface area contributed by atoms with Crippen LogP contribution >= 0.6 is 0 Å². The van der Waals surface area contributed by atoms with Crippen LogP contribution in [0.5, 0.6) is 0 Å². The Morgan fingerprint density at radius 1 is 1.20 bits per heavy atom. The van der Waals surface area contributed by atoms with Gasteiger partial charge in [0, 0.05) is 29.8 Å². The van der Waals surface area contributed by atoms with Crippen LogP contribution in [0.25, 0.3) is 0 Å². The third kappa shape index (κ3) is 1.62. The molecule has 0 radical (unpaired) electrons. The monoisotopic (exact) mass is 205 g/mol. The molecule has 1 aliphatic carbocycles. The first-order valence-corrected chi connectivity index (χ1v) is 5.39. The second kappa shape index (κ2) is 3.65. The normalized spacial score (nSPS) is 15.5. The summed E-state index contributed by atoms with van der Waals surface area (Å²) in [6.45, 7) is 3.95. The van der Waals surface area contributed by atoms with Crippen LogP contribution in [0.1, 0.15) is 48.8 Å². The van der Waals surface area contributed by atoms with Crippen molar-refractivity contribution in [3.05, 3.63) is 33.7 Å². The number of pyridine rings is 1. The zero-order chi connectivity index (χ0) is 11.0. The number of hydrogen-bond acceptors (Lipinski definition) is 2. The summed E-state index contributed by atoms with van der Waals surface area (Å²) in [7, 11) is 0. The number of rotatable bonds is 1. The van der Waals surface area contributed by atoms with Gasteiger partial charge in [-0.05, 0) is 32.8 Å². The van der Waals surface area contributed by atoms with Crippen molar-refractivity contribution in [2.45, 2.75) is 39.2 Å². The number of Topliss-reactive ketones (excluding diaryl/α,β-unsaturated/α-hetero) is 1. The number of fused-ring (bicyclic) bond motifs is 1. The number of carbonyl (C=O) groups is 1. The van der Waals surface area contributed by atoms with E-state index in [0.717, 1.165) is 24.1 Å². The molecule has 0 N–H and O–H groups in total. The molecule has 0 saturated heterocycles. The van der Waals surface area contributed by atoms with E-state index in [1.165, 1.54) is 6.07 Å². The summed E-state index contributed by atoms with van der Waals surface area (Å²) in [5.74, 6) is 0.172. The third-order valence-electron chi connectivity index (χ3n) is 2.87. The molecule has 1 heterocycles. The topological polar surface area (TPSA) is 39.1 Å². The molecule has 0 amide bonds. The van der Waals surface area contributed by atoms with E-state index in [0.29, 0.717) is 6.42 Å². The third-order valence-corrected chi connectivity index (χ3v) is 2.87. The Morgan fingerprint density at radius 2 is 1.93 bits per heavy atom. The zero-order valence-electron chi connectivity index (χ0n) is 9.12. The number of carbonyl (C=O) groups excluding carboxylic acids is 1. The van der Waals surface area contributed by atoms with Crippen LogP contribution in [-0.2, 0) is 6.42 Å². The van der Waals surface area contributed by atoms with Crippen molar-refractivity contribution in [3.63, 3.8) is 0 Å². The molecule has 80 valence electrons. The lowest BCUT2D eigenvalue weighted by atomic mass is 9.94. The Hall–Kier alpha value is -1.38. The second-order valence-electron chi connectivity index (χ2n) is 4.27. The first-order valence-electron chi connectivity index (χ1n) is 5.39. The Balaban J connectivity index is 2.69. The standard InChI is InChI=1S/C12H15NO2/c1-8(2)13-10-4-3-5-11(14)9(10)6-7-12(13)15/h6-8H,3-5H2,1-2H3. The fraction of sp³-hybridized carbons (Fsp3) is 0.500. The molecule has 0 aliphatic heterocycles. The molecule has 2 rings (SSSR count). The van der Waals surface area contributed by atoms with Crippen LogP contribution in [0.2, 0.25) is 0 Å². The molecule has 0 unspecified atom stereocenters. The number of nitrogens with zero attached hydrogens (tertiary/aromatic N) is 1. The van der Waals surface area contributed by atoms with E-state index < -0.39 is 0 Å². The molecule has 3 heteroatoms. The van der Waals surface area contributed by atoms with Gasteiger partial charge >= 0.3 is 0 Å². The first kappa shape index (κ1) is 10.1. The molecule has 0 fully saturated rings. The van der Waals surface area contributed by atoms with Gasteiger partial charge in [-0.3, -0.25) is 9.59 Å². The SMILES string of the molecule is CC(C)n1c2c(ccc1=O)C(=O)CCC2. The van der Waals surface area contributed by atoms with Gasteiger partial charge in [0.25, 0.3) is 5.56 Å². The molecule has 3 nitrogen and oxygen atoms in total. The molecule has 0 saturated carbocycles. The highest BCUT2D eigenvalue weighted by atomic mass is 16.1. The molecule has 0 bridgehead atoms. The van der Waals surface area contributed by atoms with Crippen molar-refractivity contribution in [1.82, 2.24) is 4.57 Å². The molecule has 1 aromatic rings. The quantitative estimate of drug-likeness (QED) is 0.703. The second-order valence-corrected chi connectivity index (χ2v) is 4.27. The minimum atomic E-state index is -0.00144. The Morgan fingerprint density at radius 3 is 2.60 bits per heavy atom. The number of aromatic nitrogens is 1. The van der Waals surface area contributed by atoms with E-state index in [-0.39, 0.29) is 17.4 Å². The van der Waals surface area contributed by atoms with Crippen LogP contribution in [0.4, 0.5) is 0 Å². The molecule has 0 spiro atoms. The lowest BCUT2D eigenvalue weighted by Crippen LogP contribution is -2.29. The predicted molar refractivity (Wildman–Crippen MR) is 58.4 cm³/mol. The van der Waals surface area contributed by atoms with Crippen LogP contribution in [0.15, 0.2) is 16.9 Å². The van der Waals surface area contributed by atoms with E-state index in [2.05, 4.69) is 0 Å². The summed E-state index contributed by atoms with van der Waals surface area (Å²) in [5.41, 5.74) is 1.67. The highest BCUT2D eigenvalue weighted by Crippen LogP contribution is 2.21. The van der Waals surface area contributed by atoms with Crippen molar-refractivity contribution in [1.29, 1.82) is 0 Å². The van der Waals surface area contributed by atoms with Gasteiger partial charge in [0.1, 0.15) is 0 Å². The van der Waals surface area contributed by atoms with Crippen molar-refractivity contribution < 1.29 is 4.79 Å². The molecular weight excluding hydrogens is 190 g/mol. The van der Waals surface area contributed by atoms with E-state index in [4.69, 9.17) is 0 Å². The predicted octanol–water partition coefficient (Wildman–Crippen LogP) is 1.95. The van der Waals surface area contributed by atoms with Crippen molar-refractivity contribution in [2.24, 2.45) is 0 Å². The van der Waals surface area contributed by atoms with Crippen LogP contribution in [0, 0.1) is 0 Å². The van der Waals surface area contributed by atoms with Crippen molar-refractivity contribution >= 4 is 5.78 Å². The van der Waals surface area contributed by atoms with Crippen LogP contribution < -0.4 is 5.56 Å². The molecule has 1 aromatic heterocycles. The first-order chi connectivity index (χ1) is 7.11. The highest BCUT2D eigenvalue weighted by Gasteiger charge is 2.21. The molecule has 0 aromatic carbocycles. The van der Waals surface area contributed by atoms with Gasteiger partial charge in [-0.15, -0.1) is 0 Å². The molecular formula is C12H15NO2. The number of ketones is 1. The van der Waals surface area contributed by atoms with Gasteiger partial charge in [-0.2, -0.15) is 0 Å². The van der Waals surface area contributed by atoms with Gasteiger partial charge in [0.05, 0.1) is 0 Å². The molecule has 0 atom stereocenters. The van der Waals surface area contributed by atoms with Gasteiger partial charge in [-0.25, -0.2) is 0 Å². The lowest BCUT2D eigenvalue weighted by molar-refractivity contribution is 0.0970. The maximum Gasteiger partial charge on any atom is 0.250 e. The van der Waals surface area contributed by atoms with Gasteiger partial charge in [-0.1, -0.05) is 0 Å². The van der Waals surface area contributed by atoms with E-state index in [1.807, 2.05) is 13.8 Å². The lowest BCUT2D eigenvalue weighted by Gasteiger charge is -2.22. The van der Waals surface area contributed by atoms with Gasteiger partial charge in [0.15, 0.2) is 5.78 Å². The average Bonchev–Trinajstić information content (AvgIpc) is 2.17. The number of hydrogen-bond donors (Lipinski definition) is 0. The van der Waals surface area contributed by atoms with Gasteiger partial charge < -0.3 is 4.57 Å². The average molecular weight is 205 g/mol. The Bertz CT molecular complexity index is 457. The Labute approximate surface area is 88.7 Å². The largest absolute Gasteiger partial charge is 0.309 e. The maximum absolute atomic E-state index is 11.7. The molecule has 15 heavy (non-hydrogen) atoms. The minimum absolute atomic E-state index is 0.00144. The summed E-state index contributed by atoms with van der Waals surface area (Å²) in [6, 6.07) is 3.30. The van der Waals surface area contributed by atoms with Crippen LogP contribution in [0.3, 0.4) is 0 Å². The molecule has 1 aliphatic rings. The summed E-state index contributed by atoms with van der Waals surface area (Å²) in [5, 5.41) is 0. The van der Waals surface area contributed by atoms with E-state index >= 15 is 0 Å². The summed E-state index contributed by atoms with van der Waals surface area (Å²) >= 11 is 0. The Kier molecular flexibility index (Phi) is 2.47. The van der Waals surface area contributed by atoms with Crippen molar-refractivity contribution in [2.75, 3.05) is 0 Å². The maximum atomic E-state index is 11.7. The van der Waals surface area contributed by atoms with Gasteiger partial charge in [0.2, 0.25) is 0 Å². The summed E-state index contributed by atoms with van der Waals surface area (Å²) in [4.78, 5) is 23.3. The van der Waals surface area contributed by atoms with Crippen LogP contribution in [-0.4, -0.2) is 10.4 Å². The fourth-order valence-corrected chi connectivity index (χ4v) is 2.22. The smallest absolute Gasteiger partial charge is 0.250 e. The summed E-state index contributed by atoms with van der Waals surface area (Å²) < 4.78 is 1.74. The minimum Gasteiger partial charge on any atom is -0.309 e. The highest BCUT2D eigenvalue weighted by molar-refractivity contribution is 5.97. The van der Waals surface area contributed by atoms with E-state index in [9.17, 15) is 9.59 Å². The van der Waals surface area contributed by atoms with Crippen molar-refractivity contribution in [3.8, 4) is 0 Å². The summed E-state index contributed by atoms with van der Waals surface area (Å²) in [6.07, 6.45) is 2.32.